The number of hydrogen-bond donors (Lipinski definition) is 2. The van der Waals surface area contributed by atoms with Gasteiger partial charge in [0.05, 0.1) is 11.0 Å². The molecule has 0 radical (unpaired) electrons. The van der Waals surface area contributed by atoms with E-state index in [0.717, 1.165) is 6.42 Å². The molecule has 0 aromatic rings. The van der Waals surface area contributed by atoms with Gasteiger partial charge in [-0.3, -0.25) is 4.79 Å². The Labute approximate surface area is 96.6 Å². The molecule has 0 amide bonds. The standard InChI is InChI=1S/C12H22O4/c1-3-11(4-2,10(13)14)12(15)6-5-8-16-9-7-12/h15H,3-9H2,1-2H3,(H,13,14). The molecule has 16 heavy (non-hydrogen) atoms. The molecule has 0 saturated carbocycles. The first-order valence-electron chi connectivity index (χ1n) is 6.06. The van der Waals surface area contributed by atoms with E-state index in [9.17, 15) is 15.0 Å². The van der Waals surface area contributed by atoms with Gasteiger partial charge in [0.2, 0.25) is 0 Å². The van der Waals surface area contributed by atoms with Gasteiger partial charge in [0, 0.05) is 19.6 Å². The largest absolute Gasteiger partial charge is 0.481 e. The zero-order chi connectivity index (χ0) is 12.2. The van der Waals surface area contributed by atoms with Crippen molar-refractivity contribution in [2.24, 2.45) is 5.41 Å². The zero-order valence-electron chi connectivity index (χ0n) is 10.2. The smallest absolute Gasteiger partial charge is 0.312 e. The molecule has 1 aliphatic heterocycles. The third-order valence-electron chi connectivity index (χ3n) is 4.05. The van der Waals surface area contributed by atoms with Crippen LogP contribution < -0.4 is 0 Å². The SMILES string of the molecule is CCC(CC)(C(=O)O)C1(O)CCCOCC1. The average Bonchev–Trinajstić information content (AvgIpc) is 2.46. The van der Waals surface area contributed by atoms with Crippen LogP contribution in [0.15, 0.2) is 0 Å². The van der Waals surface area contributed by atoms with Gasteiger partial charge in [0.15, 0.2) is 0 Å². The summed E-state index contributed by atoms with van der Waals surface area (Å²) in [7, 11) is 0. The van der Waals surface area contributed by atoms with E-state index in [-0.39, 0.29) is 0 Å². The minimum atomic E-state index is -1.13. The van der Waals surface area contributed by atoms with Gasteiger partial charge in [0.1, 0.15) is 0 Å². The first-order chi connectivity index (χ1) is 7.52. The number of ether oxygens (including phenoxy) is 1. The molecule has 1 fully saturated rings. The Morgan fingerprint density at radius 3 is 2.44 bits per heavy atom. The normalized spacial score (nSPS) is 27.4. The van der Waals surface area contributed by atoms with Crippen molar-refractivity contribution in [2.75, 3.05) is 13.2 Å². The summed E-state index contributed by atoms with van der Waals surface area (Å²) >= 11 is 0. The van der Waals surface area contributed by atoms with Crippen LogP contribution in [0.5, 0.6) is 0 Å². The lowest BCUT2D eigenvalue weighted by Gasteiger charge is -2.43. The van der Waals surface area contributed by atoms with Crippen LogP contribution in [-0.2, 0) is 9.53 Å². The molecule has 0 aliphatic carbocycles. The highest BCUT2D eigenvalue weighted by Gasteiger charge is 2.53. The van der Waals surface area contributed by atoms with Gasteiger partial charge in [-0.05, 0) is 25.7 Å². The van der Waals surface area contributed by atoms with Crippen LogP contribution >= 0.6 is 0 Å². The number of aliphatic hydroxyl groups is 1. The number of aliphatic carboxylic acids is 1. The maximum atomic E-state index is 11.5. The first kappa shape index (κ1) is 13.5. The van der Waals surface area contributed by atoms with E-state index in [1.165, 1.54) is 0 Å². The molecule has 4 heteroatoms. The second kappa shape index (κ2) is 5.15. The lowest BCUT2D eigenvalue weighted by Crippen LogP contribution is -2.53. The Bertz CT molecular complexity index is 237. The Morgan fingerprint density at radius 1 is 1.31 bits per heavy atom. The van der Waals surface area contributed by atoms with E-state index in [0.29, 0.717) is 38.9 Å². The number of hydrogen-bond acceptors (Lipinski definition) is 3. The van der Waals surface area contributed by atoms with Gasteiger partial charge in [-0.1, -0.05) is 13.8 Å². The fourth-order valence-corrected chi connectivity index (χ4v) is 2.82. The molecule has 1 heterocycles. The topological polar surface area (TPSA) is 66.8 Å². The van der Waals surface area contributed by atoms with Crippen LogP contribution in [0.3, 0.4) is 0 Å². The van der Waals surface area contributed by atoms with Crippen molar-refractivity contribution in [2.45, 2.75) is 51.6 Å². The molecule has 1 rings (SSSR count). The minimum absolute atomic E-state index is 0.418. The highest BCUT2D eigenvalue weighted by Crippen LogP contribution is 2.44. The average molecular weight is 230 g/mol. The van der Waals surface area contributed by atoms with Crippen LogP contribution in [0.1, 0.15) is 46.0 Å². The zero-order valence-corrected chi connectivity index (χ0v) is 10.2. The van der Waals surface area contributed by atoms with Gasteiger partial charge in [-0.25, -0.2) is 0 Å². The van der Waals surface area contributed by atoms with E-state index in [1.807, 2.05) is 13.8 Å². The fraction of sp³-hybridized carbons (Fsp3) is 0.917. The fourth-order valence-electron chi connectivity index (χ4n) is 2.82. The molecular formula is C12H22O4. The van der Waals surface area contributed by atoms with Crippen LogP contribution in [0.25, 0.3) is 0 Å². The van der Waals surface area contributed by atoms with Crippen molar-refractivity contribution in [1.82, 2.24) is 0 Å². The second-order valence-corrected chi connectivity index (χ2v) is 4.59. The van der Waals surface area contributed by atoms with Gasteiger partial charge < -0.3 is 14.9 Å². The van der Waals surface area contributed by atoms with Crippen molar-refractivity contribution in [3.05, 3.63) is 0 Å². The summed E-state index contributed by atoms with van der Waals surface area (Å²) < 4.78 is 5.30. The van der Waals surface area contributed by atoms with Gasteiger partial charge in [0.25, 0.3) is 0 Å². The number of carboxylic acids is 1. The molecule has 1 atom stereocenters. The van der Waals surface area contributed by atoms with Crippen molar-refractivity contribution in [3.63, 3.8) is 0 Å². The highest BCUT2D eigenvalue weighted by atomic mass is 16.5. The summed E-state index contributed by atoms with van der Waals surface area (Å²) in [5, 5.41) is 20.1. The molecule has 1 saturated heterocycles. The number of rotatable bonds is 4. The lowest BCUT2D eigenvalue weighted by atomic mass is 9.65. The summed E-state index contributed by atoms with van der Waals surface area (Å²) in [6.45, 7) is 4.74. The molecule has 0 aromatic heterocycles. The summed E-state index contributed by atoms with van der Waals surface area (Å²) in [5.74, 6) is -0.887. The Balaban J connectivity index is 3.02. The molecule has 4 nitrogen and oxygen atoms in total. The molecule has 0 bridgehead atoms. The van der Waals surface area contributed by atoms with E-state index < -0.39 is 17.0 Å². The third kappa shape index (κ3) is 2.09. The lowest BCUT2D eigenvalue weighted by molar-refractivity contribution is -0.174. The van der Waals surface area contributed by atoms with Gasteiger partial charge in [-0.15, -0.1) is 0 Å². The van der Waals surface area contributed by atoms with Crippen LogP contribution in [-0.4, -0.2) is 35.0 Å². The first-order valence-corrected chi connectivity index (χ1v) is 6.06. The highest BCUT2D eigenvalue weighted by molar-refractivity contribution is 5.76. The van der Waals surface area contributed by atoms with E-state index in [2.05, 4.69) is 0 Å². The summed E-state index contributed by atoms with van der Waals surface area (Å²) in [4.78, 5) is 11.5. The van der Waals surface area contributed by atoms with E-state index in [1.54, 1.807) is 0 Å². The van der Waals surface area contributed by atoms with Crippen LogP contribution in [0, 0.1) is 5.41 Å². The van der Waals surface area contributed by atoms with Crippen molar-refractivity contribution in [1.29, 1.82) is 0 Å². The molecule has 0 spiro atoms. The van der Waals surface area contributed by atoms with E-state index in [4.69, 9.17) is 4.74 Å². The van der Waals surface area contributed by atoms with Crippen molar-refractivity contribution >= 4 is 5.97 Å². The maximum Gasteiger partial charge on any atom is 0.312 e. The molecule has 1 unspecified atom stereocenters. The number of carbonyl (C=O) groups is 1. The monoisotopic (exact) mass is 230 g/mol. The molecular weight excluding hydrogens is 208 g/mol. The minimum Gasteiger partial charge on any atom is -0.481 e. The van der Waals surface area contributed by atoms with Crippen molar-refractivity contribution in [3.8, 4) is 0 Å². The molecule has 94 valence electrons. The number of carboxylic acid groups (broad SMARTS) is 1. The Hall–Kier alpha value is -0.610. The molecule has 2 N–H and O–H groups in total. The Morgan fingerprint density at radius 2 is 1.94 bits per heavy atom. The van der Waals surface area contributed by atoms with Crippen LogP contribution in [0.2, 0.25) is 0 Å². The predicted molar refractivity (Wildman–Crippen MR) is 60.3 cm³/mol. The Kier molecular flexibility index (Phi) is 4.33. The second-order valence-electron chi connectivity index (χ2n) is 4.59. The summed E-state index contributed by atoms with van der Waals surface area (Å²) in [6, 6.07) is 0. The van der Waals surface area contributed by atoms with Gasteiger partial charge >= 0.3 is 5.97 Å². The maximum absolute atomic E-state index is 11.5. The van der Waals surface area contributed by atoms with E-state index >= 15 is 0 Å². The summed E-state index contributed by atoms with van der Waals surface area (Å²) in [6.07, 6.45) is 2.57. The van der Waals surface area contributed by atoms with Gasteiger partial charge in [-0.2, -0.15) is 0 Å². The predicted octanol–water partition coefficient (Wildman–Crippen LogP) is 1.81. The van der Waals surface area contributed by atoms with Crippen molar-refractivity contribution < 1.29 is 19.7 Å². The van der Waals surface area contributed by atoms with Crippen LogP contribution in [0.4, 0.5) is 0 Å². The third-order valence-corrected chi connectivity index (χ3v) is 4.05. The molecule has 0 aromatic carbocycles. The summed E-state index contributed by atoms with van der Waals surface area (Å²) in [5.41, 5.74) is -2.15. The molecule has 1 aliphatic rings. The quantitative estimate of drug-likeness (QED) is 0.773.